The van der Waals surface area contributed by atoms with Gasteiger partial charge in [0.05, 0.1) is 42.0 Å². The number of halogens is 1. The van der Waals surface area contributed by atoms with Crippen LogP contribution in [0.25, 0.3) is 0 Å². The molecule has 0 atom stereocenters. The largest absolute Gasteiger partial charge is 0.495 e. The highest BCUT2D eigenvalue weighted by Gasteiger charge is 2.17. The maximum absolute atomic E-state index is 12.4. The molecular weight excluding hydrogens is 454 g/mol. The Kier molecular flexibility index (Phi) is 8.24. The van der Waals surface area contributed by atoms with Gasteiger partial charge < -0.3 is 19.5 Å². The summed E-state index contributed by atoms with van der Waals surface area (Å²) in [4.78, 5) is 13.7. The smallest absolute Gasteiger partial charge is 0.338 e. The lowest BCUT2D eigenvalue weighted by Crippen LogP contribution is -2.43. The van der Waals surface area contributed by atoms with Crippen LogP contribution in [0.4, 0.5) is 5.69 Å². The number of esters is 1. The van der Waals surface area contributed by atoms with Crippen molar-refractivity contribution in [2.24, 2.45) is 0 Å². The molecule has 0 unspecified atom stereocenters. The summed E-state index contributed by atoms with van der Waals surface area (Å²) in [6.07, 6.45) is 0. The van der Waals surface area contributed by atoms with Crippen molar-refractivity contribution in [3.8, 4) is 11.5 Å². The summed E-state index contributed by atoms with van der Waals surface area (Å²) >= 11 is 11.2. The number of hydrazine groups is 1. The van der Waals surface area contributed by atoms with Crippen molar-refractivity contribution in [3.05, 3.63) is 47.0 Å². The van der Waals surface area contributed by atoms with E-state index in [1.165, 1.54) is 44.6 Å². The number of anilines is 1. The number of carbonyl (C=O) groups is 1. The third kappa shape index (κ3) is 5.95. The van der Waals surface area contributed by atoms with E-state index in [-0.39, 0.29) is 22.2 Å². The lowest BCUT2D eigenvalue weighted by molar-refractivity contribution is 0.0526. The Morgan fingerprint density at radius 2 is 1.73 bits per heavy atom. The van der Waals surface area contributed by atoms with Gasteiger partial charge in [-0.15, -0.1) is 4.83 Å². The molecule has 0 spiro atoms. The monoisotopic (exact) mass is 473 g/mol. The zero-order valence-corrected chi connectivity index (χ0v) is 18.7. The minimum Gasteiger partial charge on any atom is -0.495 e. The van der Waals surface area contributed by atoms with E-state index >= 15 is 0 Å². The normalized spacial score (nSPS) is 10.8. The Morgan fingerprint density at radius 1 is 1.10 bits per heavy atom. The van der Waals surface area contributed by atoms with E-state index in [9.17, 15) is 13.2 Å². The van der Waals surface area contributed by atoms with E-state index in [4.69, 9.17) is 38.0 Å². The van der Waals surface area contributed by atoms with E-state index in [0.717, 1.165) is 0 Å². The first-order valence-electron chi connectivity index (χ1n) is 8.49. The maximum Gasteiger partial charge on any atom is 0.338 e. The number of rotatable bonds is 8. The first-order chi connectivity index (χ1) is 14.2. The molecule has 0 saturated carbocycles. The average molecular weight is 474 g/mol. The molecule has 0 saturated heterocycles. The number of sulfonamides is 1. The Bertz CT molecular complexity index is 1030. The molecule has 2 aromatic rings. The first kappa shape index (κ1) is 23.7. The van der Waals surface area contributed by atoms with Crippen molar-refractivity contribution in [2.75, 3.05) is 26.1 Å². The number of thiocarbonyl (C=S) groups is 1. The maximum atomic E-state index is 12.4. The molecule has 0 bridgehead atoms. The van der Waals surface area contributed by atoms with Crippen LogP contribution in [-0.2, 0) is 14.8 Å². The molecule has 0 amide bonds. The van der Waals surface area contributed by atoms with Crippen LogP contribution in [0.1, 0.15) is 17.3 Å². The van der Waals surface area contributed by atoms with Crippen LogP contribution >= 0.6 is 23.8 Å². The van der Waals surface area contributed by atoms with Gasteiger partial charge in [0.15, 0.2) is 5.11 Å². The molecule has 2 aromatic carbocycles. The number of carbonyl (C=O) groups excluding carboxylic acids is 1. The van der Waals surface area contributed by atoms with Crippen molar-refractivity contribution in [3.63, 3.8) is 0 Å². The van der Waals surface area contributed by atoms with Gasteiger partial charge in [0.25, 0.3) is 10.0 Å². The minimum atomic E-state index is -3.96. The van der Waals surface area contributed by atoms with Gasteiger partial charge in [-0.2, -0.15) is 0 Å². The molecular formula is C18H20ClN3O6S2. The van der Waals surface area contributed by atoms with Crippen molar-refractivity contribution in [2.45, 2.75) is 11.8 Å². The van der Waals surface area contributed by atoms with Gasteiger partial charge in [-0.1, -0.05) is 11.6 Å². The minimum absolute atomic E-state index is 0.0515. The van der Waals surface area contributed by atoms with Crippen LogP contribution in [0.15, 0.2) is 41.3 Å². The van der Waals surface area contributed by atoms with Crippen LogP contribution < -0.4 is 25.0 Å². The molecule has 0 aliphatic heterocycles. The highest BCUT2D eigenvalue weighted by Crippen LogP contribution is 2.35. The Morgan fingerprint density at radius 3 is 2.30 bits per heavy atom. The van der Waals surface area contributed by atoms with Crippen LogP contribution in [0.2, 0.25) is 5.02 Å². The standard InChI is InChI=1S/C18H20ClN3O6S2/c1-4-28-17(23)11-5-7-12(8-6-11)30(24,25)22-21-18(29)20-14-10-15(26-2)13(19)9-16(14)27-3/h5-10,22H,4H2,1-3H3,(H2,20,21,29). The summed E-state index contributed by atoms with van der Waals surface area (Å²) < 4.78 is 40.1. The predicted molar refractivity (Wildman–Crippen MR) is 117 cm³/mol. The number of methoxy groups -OCH3 is 2. The van der Waals surface area contributed by atoms with Crippen molar-refractivity contribution in [1.82, 2.24) is 10.3 Å². The van der Waals surface area contributed by atoms with Gasteiger partial charge in [-0.25, -0.2) is 13.2 Å². The third-order valence-electron chi connectivity index (χ3n) is 3.70. The zero-order chi connectivity index (χ0) is 22.3. The Labute approximate surface area is 184 Å². The highest BCUT2D eigenvalue weighted by atomic mass is 35.5. The summed E-state index contributed by atoms with van der Waals surface area (Å²) in [5, 5.41) is 3.08. The predicted octanol–water partition coefficient (Wildman–Crippen LogP) is 2.71. The summed E-state index contributed by atoms with van der Waals surface area (Å²) in [6, 6.07) is 8.35. The molecule has 0 fully saturated rings. The lowest BCUT2D eigenvalue weighted by atomic mass is 10.2. The summed E-state index contributed by atoms with van der Waals surface area (Å²) in [7, 11) is -1.05. The van der Waals surface area contributed by atoms with E-state index in [2.05, 4.69) is 15.6 Å². The fourth-order valence-corrected chi connectivity index (χ4v) is 3.57. The fraction of sp³-hybridized carbons (Fsp3) is 0.222. The van der Waals surface area contributed by atoms with E-state index in [1.807, 2.05) is 0 Å². The Balaban J connectivity index is 2.06. The van der Waals surface area contributed by atoms with E-state index in [0.29, 0.717) is 22.2 Å². The van der Waals surface area contributed by atoms with Crippen molar-refractivity contribution >= 4 is 50.6 Å². The zero-order valence-electron chi connectivity index (χ0n) is 16.3. The molecule has 9 nitrogen and oxygen atoms in total. The highest BCUT2D eigenvalue weighted by molar-refractivity contribution is 7.89. The molecule has 0 aliphatic carbocycles. The van der Waals surface area contributed by atoms with Crippen molar-refractivity contribution in [1.29, 1.82) is 0 Å². The van der Waals surface area contributed by atoms with Gasteiger partial charge in [0, 0.05) is 12.1 Å². The van der Waals surface area contributed by atoms with Gasteiger partial charge >= 0.3 is 5.97 Å². The second kappa shape index (κ2) is 10.4. The Hall–Kier alpha value is -2.60. The van der Waals surface area contributed by atoms with Crippen LogP contribution in [0.5, 0.6) is 11.5 Å². The third-order valence-corrected chi connectivity index (χ3v) is 5.46. The van der Waals surface area contributed by atoms with E-state index in [1.54, 1.807) is 13.0 Å². The summed E-state index contributed by atoms with van der Waals surface area (Å²) in [6.45, 7) is 1.90. The first-order valence-corrected chi connectivity index (χ1v) is 10.8. The molecule has 30 heavy (non-hydrogen) atoms. The topological polar surface area (TPSA) is 115 Å². The molecule has 0 aliphatic rings. The molecule has 12 heteroatoms. The molecule has 162 valence electrons. The molecule has 0 heterocycles. The van der Waals surface area contributed by atoms with Crippen LogP contribution in [-0.4, -0.2) is 40.3 Å². The number of hydrogen-bond acceptors (Lipinski definition) is 7. The van der Waals surface area contributed by atoms with Crippen molar-refractivity contribution < 1.29 is 27.4 Å². The number of ether oxygens (including phenoxy) is 3. The molecule has 0 radical (unpaired) electrons. The van der Waals surface area contributed by atoms with Gasteiger partial charge in [-0.05, 0) is 43.4 Å². The summed E-state index contributed by atoms with van der Waals surface area (Å²) in [5.41, 5.74) is 3.04. The van der Waals surface area contributed by atoms with Crippen LogP contribution in [0, 0.1) is 0 Å². The van der Waals surface area contributed by atoms with E-state index < -0.39 is 16.0 Å². The van der Waals surface area contributed by atoms with Gasteiger partial charge in [-0.3, -0.25) is 5.43 Å². The second-order valence-electron chi connectivity index (χ2n) is 5.62. The lowest BCUT2D eigenvalue weighted by Gasteiger charge is -2.16. The number of benzene rings is 2. The number of hydrogen-bond donors (Lipinski definition) is 3. The second-order valence-corrected chi connectivity index (χ2v) is 8.11. The van der Waals surface area contributed by atoms with Gasteiger partial charge in [0.1, 0.15) is 11.5 Å². The molecule has 0 aromatic heterocycles. The SMILES string of the molecule is CCOC(=O)c1ccc(S(=O)(=O)NNC(=S)Nc2cc(OC)c(Cl)cc2OC)cc1. The average Bonchev–Trinajstić information content (AvgIpc) is 2.73. The fourth-order valence-electron chi connectivity index (χ4n) is 2.27. The summed E-state index contributed by atoms with van der Waals surface area (Å²) in [5.74, 6) is 0.220. The van der Waals surface area contributed by atoms with Gasteiger partial charge in [0.2, 0.25) is 0 Å². The molecule has 3 N–H and O–H groups in total. The molecule has 2 rings (SSSR count). The number of nitrogens with one attached hydrogen (secondary N) is 3. The quantitative estimate of drug-likeness (QED) is 0.302. The van der Waals surface area contributed by atoms with Crippen LogP contribution in [0.3, 0.4) is 0 Å².